The van der Waals surface area contributed by atoms with E-state index >= 15 is 0 Å². The summed E-state index contributed by atoms with van der Waals surface area (Å²) < 4.78 is 5.70. The van der Waals surface area contributed by atoms with Crippen molar-refractivity contribution in [2.24, 2.45) is 0 Å². The Morgan fingerprint density at radius 3 is 3.07 bits per heavy atom. The lowest BCUT2D eigenvalue weighted by Gasteiger charge is -2.22. The first kappa shape index (κ1) is 10.8. The quantitative estimate of drug-likeness (QED) is 0.848. The van der Waals surface area contributed by atoms with Gasteiger partial charge in [-0.05, 0) is 31.5 Å². The standard InChI is InChI=1S/C10H14ClN3O/c11-10-4-3-8(13-14-10)7-15-9-2-1-5-12-6-9/h3-4,9,12H,1-2,5-7H2/t9-/m0/s1. The SMILES string of the molecule is Clc1ccc(CO[C@H]2CCCNC2)nn1. The van der Waals surface area contributed by atoms with Crippen molar-refractivity contribution in [3.05, 3.63) is 23.0 Å². The number of nitrogens with zero attached hydrogens (tertiary/aromatic N) is 2. The third kappa shape index (κ3) is 3.41. The van der Waals surface area contributed by atoms with Gasteiger partial charge in [-0.1, -0.05) is 11.6 Å². The lowest BCUT2D eigenvalue weighted by molar-refractivity contribution is 0.0233. The van der Waals surface area contributed by atoms with Gasteiger partial charge < -0.3 is 10.1 Å². The van der Waals surface area contributed by atoms with Gasteiger partial charge in [0.1, 0.15) is 0 Å². The summed E-state index contributed by atoms with van der Waals surface area (Å²) in [5.41, 5.74) is 0.824. The van der Waals surface area contributed by atoms with Crippen LogP contribution in [0.3, 0.4) is 0 Å². The Bertz CT molecular complexity index is 298. The third-order valence-corrected chi connectivity index (χ3v) is 2.61. The number of hydrogen-bond donors (Lipinski definition) is 1. The summed E-state index contributed by atoms with van der Waals surface area (Å²) in [6.45, 7) is 2.54. The second-order valence-corrected chi connectivity index (χ2v) is 4.01. The van der Waals surface area contributed by atoms with Crippen LogP contribution in [-0.4, -0.2) is 29.4 Å². The van der Waals surface area contributed by atoms with Gasteiger partial charge in [0.05, 0.1) is 18.4 Å². The van der Waals surface area contributed by atoms with Gasteiger partial charge in [-0.15, -0.1) is 5.10 Å². The van der Waals surface area contributed by atoms with E-state index in [2.05, 4.69) is 15.5 Å². The lowest BCUT2D eigenvalue weighted by Crippen LogP contribution is -2.35. The molecular formula is C10H14ClN3O. The molecule has 1 atom stereocenters. The molecule has 1 fully saturated rings. The number of hydrogen-bond acceptors (Lipinski definition) is 4. The minimum Gasteiger partial charge on any atom is -0.371 e. The van der Waals surface area contributed by atoms with Gasteiger partial charge in [-0.2, -0.15) is 5.10 Å². The van der Waals surface area contributed by atoms with Crippen LogP contribution < -0.4 is 5.32 Å². The van der Waals surface area contributed by atoms with Crippen LogP contribution >= 0.6 is 11.6 Å². The Labute approximate surface area is 94.0 Å². The third-order valence-electron chi connectivity index (χ3n) is 2.41. The highest BCUT2D eigenvalue weighted by molar-refractivity contribution is 6.29. The summed E-state index contributed by atoms with van der Waals surface area (Å²) in [5.74, 6) is 0. The molecule has 0 bridgehead atoms. The zero-order valence-corrected chi connectivity index (χ0v) is 9.20. The summed E-state index contributed by atoms with van der Waals surface area (Å²) >= 11 is 5.64. The molecule has 1 aliphatic rings. The van der Waals surface area contributed by atoms with Crippen LogP contribution in [0.15, 0.2) is 12.1 Å². The fraction of sp³-hybridized carbons (Fsp3) is 0.600. The summed E-state index contributed by atoms with van der Waals surface area (Å²) in [6, 6.07) is 3.57. The molecule has 2 rings (SSSR count). The highest BCUT2D eigenvalue weighted by Gasteiger charge is 2.13. The molecule has 5 heteroatoms. The maximum Gasteiger partial charge on any atom is 0.151 e. The van der Waals surface area contributed by atoms with Crippen molar-refractivity contribution in [1.29, 1.82) is 0 Å². The molecule has 0 radical (unpaired) electrons. The molecule has 4 nitrogen and oxygen atoms in total. The highest BCUT2D eigenvalue weighted by Crippen LogP contribution is 2.09. The van der Waals surface area contributed by atoms with E-state index in [-0.39, 0.29) is 0 Å². The zero-order chi connectivity index (χ0) is 10.5. The van der Waals surface area contributed by atoms with E-state index in [0.717, 1.165) is 25.2 Å². The fourth-order valence-corrected chi connectivity index (χ4v) is 1.69. The molecule has 0 spiro atoms. The number of halogens is 1. The molecule has 2 heterocycles. The minimum atomic E-state index is 0.302. The molecule has 1 N–H and O–H groups in total. The normalized spacial score (nSPS) is 21.5. The maximum absolute atomic E-state index is 5.70. The van der Waals surface area contributed by atoms with Gasteiger partial charge in [-0.25, -0.2) is 0 Å². The molecule has 1 aromatic rings. The number of rotatable bonds is 3. The van der Waals surface area contributed by atoms with Gasteiger partial charge in [0.2, 0.25) is 0 Å². The highest BCUT2D eigenvalue weighted by atomic mass is 35.5. The van der Waals surface area contributed by atoms with Crippen LogP contribution in [-0.2, 0) is 11.3 Å². The molecule has 0 aromatic carbocycles. The van der Waals surface area contributed by atoms with Crippen LogP contribution in [0.5, 0.6) is 0 Å². The Hall–Kier alpha value is -0.710. The topological polar surface area (TPSA) is 47.0 Å². The van der Waals surface area contributed by atoms with E-state index in [0.29, 0.717) is 17.9 Å². The van der Waals surface area contributed by atoms with E-state index in [4.69, 9.17) is 16.3 Å². The molecule has 1 aromatic heterocycles. The average molecular weight is 228 g/mol. The number of aromatic nitrogens is 2. The molecule has 1 aliphatic heterocycles. The van der Waals surface area contributed by atoms with Gasteiger partial charge in [0.15, 0.2) is 5.15 Å². The van der Waals surface area contributed by atoms with E-state index in [9.17, 15) is 0 Å². The van der Waals surface area contributed by atoms with Gasteiger partial charge >= 0.3 is 0 Å². The molecule has 0 saturated carbocycles. The van der Waals surface area contributed by atoms with Crippen LogP contribution in [0, 0.1) is 0 Å². The molecule has 82 valence electrons. The predicted octanol–water partition coefficient (Wildman–Crippen LogP) is 1.40. The predicted molar refractivity (Wildman–Crippen MR) is 57.7 cm³/mol. The van der Waals surface area contributed by atoms with Crippen molar-refractivity contribution >= 4 is 11.6 Å². The van der Waals surface area contributed by atoms with Crippen molar-refractivity contribution in [2.45, 2.75) is 25.6 Å². The van der Waals surface area contributed by atoms with Gasteiger partial charge in [-0.3, -0.25) is 0 Å². The zero-order valence-electron chi connectivity index (χ0n) is 8.45. The number of ether oxygens (including phenoxy) is 1. The van der Waals surface area contributed by atoms with E-state index in [1.807, 2.05) is 6.07 Å². The van der Waals surface area contributed by atoms with E-state index in [1.54, 1.807) is 6.07 Å². The Morgan fingerprint density at radius 2 is 2.40 bits per heavy atom. The van der Waals surface area contributed by atoms with E-state index < -0.39 is 0 Å². The second-order valence-electron chi connectivity index (χ2n) is 3.63. The van der Waals surface area contributed by atoms with E-state index in [1.165, 1.54) is 6.42 Å². The van der Waals surface area contributed by atoms with Crippen LogP contribution in [0.1, 0.15) is 18.5 Å². The minimum absolute atomic E-state index is 0.302. The van der Waals surface area contributed by atoms with Crippen molar-refractivity contribution in [3.63, 3.8) is 0 Å². The summed E-state index contributed by atoms with van der Waals surface area (Å²) in [7, 11) is 0. The average Bonchev–Trinajstić information content (AvgIpc) is 2.30. The fourth-order valence-electron chi connectivity index (χ4n) is 1.59. The van der Waals surface area contributed by atoms with Crippen LogP contribution in [0.25, 0.3) is 0 Å². The second kappa shape index (κ2) is 5.39. The summed E-state index contributed by atoms with van der Waals surface area (Å²) in [6.07, 6.45) is 2.60. The Morgan fingerprint density at radius 1 is 1.47 bits per heavy atom. The number of nitrogens with one attached hydrogen (secondary N) is 1. The summed E-state index contributed by atoms with van der Waals surface area (Å²) in [5, 5.41) is 11.4. The molecular weight excluding hydrogens is 214 g/mol. The Balaban J connectivity index is 1.79. The van der Waals surface area contributed by atoms with Gasteiger partial charge in [0, 0.05) is 6.54 Å². The maximum atomic E-state index is 5.70. The lowest BCUT2D eigenvalue weighted by atomic mass is 10.1. The summed E-state index contributed by atoms with van der Waals surface area (Å²) in [4.78, 5) is 0. The smallest absolute Gasteiger partial charge is 0.151 e. The molecule has 0 amide bonds. The largest absolute Gasteiger partial charge is 0.371 e. The molecule has 1 saturated heterocycles. The first-order valence-corrected chi connectivity index (χ1v) is 5.53. The van der Waals surface area contributed by atoms with Crippen molar-refractivity contribution in [1.82, 2.24) is 15.5 Å². The van der Waals surface area contributed by atoms with Crippen LogP contribution in [0.4, 0.5) is 0 Å². The first-order chi connectivity index (χ1) is 7.34. The van der Waals surface area contributed by atoms with Crippen molar-refractivity contribution in [2.75, 3.05) is 13.1 Å². The van der Waals surface area contributed by atoms with Crippen molar-refractivity contribution in [3.8, 4) is 0 Å². The van der Waals surface area contributed by atoms with Crippen LogP contribution in [0.2, 0.25) is 5.15 Å². The van der Waals surface area contributed by atoms with Crippen molar-refractivity contribution < 1.29 is 4.74 Å². The molecule has 15 heavy (non-hydrogen) atoms. The van der Waals surface area contributed by atoms with Gasteiger partial charge in [0.25, 0.3) is 0 Å². The monoisotopic (exact) mass is 227 g/mol. The molecule has 0 aliphatic carbocycles. The number of piperidine rings is 1. The first-order valence-electron chi connectivity index (χ1n) is 5.15. The molecule has 0 unspecified atom stereocenters. The Kier molecular flexibility index (Phi) is 3.88.